The summed E-state index contributed by atoms with van der Waals surface area (Å²) in [6, 6.07) is 11.9. The number of para-hydroxylation sites is 1. The summed E-state index contributed by atoms with van der Waals surface area (Å²) in [6.45, 7) is 7.25. The molecular weight excluding hydrogens is 306 g/mol. The van der Waals surface area contributed by atoms with E-state index >= 15 is 0 Å². The van der Waals surface area contributed by atoms with E-state index in [0.29, 0.717) is 18.1 Å². The average molecular weight is 329 g/mol. The molecule has 2 amide bonds. The van der Waals surface area contributed by atoms with Crippen LogP contribution in [-0.2, 0) is 0 Å². The second-order valence-corrected chi connectivity index (χ2v) is 5.87. The highest BCUT2D eigenvalue weighted by molar-refractivity contribution is 5.88. The number of urea groups is 1. The van der Waals surface area contributed by atoms with E-state index < -0.39 is 0 Å². The highest BCUT2D eigenvalue weighted by atomic mass is 16.5. The van der Waals surface area contributed by atoms with Crippen LogP contribution in [0.15, 0.2) is 40.9 Å². The predicted molar refractivity (Wildman–Crippen MR) is 93.4 cm³/mol. The Kier molecular flexibility index (Phi) is 5.32. The van der Waals surface area contributed by atoms with Gasteiger partial charge in [-0.1, -0.05) is 23.4 Å². The Labute approximate surface area is 141 Å². The number of anilines is 2. The van der Waals surface area contributed by atoms with Crippen LogP contribution < -0.4 is 15.5 Å². The lowest BCUT2D eigenvalue weighted by atomic mass is 10.2. The minimum Gasteiger partial charge on any atom is -0.369 e. The summed E-state index contributed by atoms with van der Waals surface area (Å²) in [7, 11) is 0. The largest absolute Gasteiger partial charge is 0.369 e. The molecule has 0 saturated carbocycles. The van der Waals surface area contributed by atoms with Gasteiger partial charge < -0.3 is 14.7 Å². The highest BCUT2D eigenvalue weighted by Gasteiger charge is 2.16. The molecule has 0 aliphatic carbocycles. The maximum atomic E-state index is 11.8. The minimum atomic E-state index is -0.258. The van der Waals surface area contributed by atoms with Crippen molar-refractivity contribution >= 4 is 17.5 Å². The fraction of sp³-hybridized carbons (Fsp3) is 0.412. The molecule has 0 bridgehead atoms. The molecule has 24 heavy (non-hydrogen) atoms. The standard InChI is InChI=1S/C17H23N5O2/c1-14-13-16(20-24-14)19-17(23)18-7-8-21-9-11-22(12-10-21)15-5-3-2-4-6-15/h2-6,13H,7-12H2,1H3,(H2,18,19,20,23). The molecule has 7 nitrogen and oxygen atoms in total. The maximum absolute atomic E-state index is 11.8. The Bertz CT molecular complexity index is 650. The molecule has 2 aromatic rings. The van der Waals surface area contributed by atoms with Crippen LogP contribution in [0.2, 0.25) is 0 Å². The number of hydrogen-bond donors (Lipinski definition) is 2. The van der Waals surface area contributed by atoms with E-state index in [9.17, 15) is 4.79 Å². The van der Waals surface area contributed by atoms with Gasteiger partial charge in [-0.25, -0.2) is 4.79 Å². The van der Waals surface area contributed by atoms with Crippen molar-refractivity contribution < 1.29 is 9.32 Å². The number of amides is 2. The molecule has 0 radical (unpaired) electrons. The Morgan fingerprint density at radius 2 is 1.96 bits per heavy atom. The van der Waals surface area contributed by atoms with Gasteiger partial charge in [0.05, 0.1) is 0 Å². The quantitative estimate of drug-likeness (QED) is 0.877. The Morgan fingerprint density at radius 1 is 1.21 bits per heavy atom. The van der Waals surface area contributed by atoms with E-state index in [-0.39, 0.29) is 6.03 Å². The second kappa shape index (κ2) is 7.83. The van der Waals surface area contributed by atoms with Gasteiger partial charge in [-0.05, 0) is 19.1 Å². The zero-order valence-electron chi connectivity index (χ0n) is 13.9. The van der Waals surface area contributed by atoms with Gasteiger partial charge >= 0.3 is 6.03 Å². The molecule has 3 rings (SSSR count). The van der Waals surface area contributed by atoms with Gasteiger partial charge in [-0.2, -0.15) is 0 Å². The lowest BCUT2D eigenvalue weighted by Crippen LogP contribution is -2.48. The van der Waals surface area contributed by atoms with E-state index in [1.54, 1.807) is 13.0 Å². The van der Waals surface area contributed by atoms with Gasteiger partial charge in [0, 0.05) is 51.0 Å². The molecule has 1 aliphatic rings. The number of piperazine rings is 1. The minimum absolute atomic E-state index is 0.258. The van der Waals surface area contributed by atoms with Gasteiger partial charge in [0.2, 0.25) is 0 Å². The molecule has 1 saturated heterocycles. The molecule has 0 atom stereocenters. The number of nitrogens with zero attached hydrogens (tertiary/aromatic N) is 3. The van der Waals surface area contributed by atoms with Gasteiger partial charge in [0.15, 0.2) is 5.82 Å². The van der Waals surface area contributed by atoms with Gasteiger partial charge in [-0.3, -0.25) is 10.2 Å². The third-order valence-corrected chi connectivity index (χ3v) is 4.08. The van der Waals surface area contributed by atoms with Crippen molar-refractivity contribution in [1.29, 1.82) is 0 Å². The van der Waals surface area contributed by atoms with Gasteiger partial charge in [-0.15, -0.1) is 0 Å². The molecule has 128 valence electrons. The molecule has 1 fully saturated rings. The SMILES string of the molecule is Cc1cc(NC(=O)NCCN2CCN(c3ccccc3)CC2)no1. The first-order valence-corrected chi connectivity index (χ1v) is 8.21. The van der Waals surface area contributed by atoms with Crippen molar-refractivity contribution in [3.63, 3.8) is 0 Å². The second-order valence-electron chi connectivity index (χ2n) is 5.87. The normalized spacial score (nSPS) is 15.3. The fourth-order valence-electron chi connectivity index (χ4n) is 2.78. The number of carbonyl (C=O) groups is 1. The number of benzene rings is 1. The third-order valence-electron chi connectivity index (χ3n) is 4.08. The molecule has 1 aliphatic heterocycles. The number of rotatable bonds is 5. The lowest BCUT2D eigenvalue weighted by Gasteiger charge is -2.36. The summed E-state index contributed by atoms with van der Waals surface area (Å²) in [5, 5.41) is 9.22. The van der Waals surface area contributed by atoms with Crippen LogP contribution in [0, 0.1) is 6.92 Å². The highest BCUT2D eigenvalue weighted by Crippen LogP contribution is 2.15. The van der Waals surface area contributed by atoms with Crippen molar-refractivity contribution in [2.45, 2.75) is 6.92 Å². The third kappa shape index (κ3) is 4.48. The lowest BCUT2D eigenvalue weighted by molar-refractivity contribution is 0.240. The summed E-state index contributed by atoms with van der Waals surface area (Å²) in [5.41, 5.74) is 1.28. The summed E-state index contributed by atoms with van der Waals surface area (Å²) in [6.07, 6.45) is 0. The van der Waals surface area contributed by atoms with Crippen molar-refractivity contribution in [3.8, 4) is 0 Å². The van der Waals surface area contributed by atoms with Crippen molar-refractivity contribution in [2.24, 2.45) is 0 Å². The topological polar surface area (TPSA) is 73.6 Å². The van der Waals surface area contributed by atoms with Crippen LogP contribution in [0.4, 0.5) is 16.3 Å². The molecule has 2 heterocycles. The number of aromatic nitrogens is 1. The first-order valence-electron chi connectivity index (χ1n) is 8.21. The molecule has 1 aromatic heterocycles. The summed E-state index contributed by atoms with van der Waals surface area (Å²) in [5.74, 6) is 1.10. The van der Waals surface area contributed by atoms with Crippen LogP contribution in [-0.4, -0.2) is 55.4 Å². The van der Waals surface area contributed by atoms with E-state index in [1.165, 1.54) is 5.69 Å². The van der Waals surface area contributed by atoms with Crippen molar-refractivity contribution in [1.82, 2.24) is 15.4 Å². The monoisotopic (exact) mass is 329 g/mol. The first-order chi connectivity index (χ1) is 11.7. The zero-order chi connectivity index (χ0) is 16.8. The Balaban J connectivity index is 1.34. The van der Waals surface area contributed by atoms with Crippen LogP contribution in [0.1, 0.15) is 5.76 Å². The van der Waals surface area contributed by atoms with Crippen LogP contribution in [0.5, 0.6) is 0 Å². The number of carbonyl (C=O) groups excluding carboxylic acids is 1. The summed E-state index contributed by atoms with van der Waals surface area (Å²) >= 11 is 0. The molecule has 0 unspecified atom stereocenters. The van der Waals surface area contributed by atoms with E-state index in [1.807, 2.05) is 6.07 Å². The van der Waals surface area contributed by atoms with E-state index in [4.69, 9.17) is 4.52 Å². The van der Waals surface area contributed by atoms with Crippen molar-refractivity contribution in [3.05, 3.63) is 42.2 Å². The Hall–Kier alpha value is -2.54. The van der Waals surface area contributed by atoms with E-state index in [2.05, 4.69) is 49.9 Å². The molecule has 2 N–H and O–H groups in total. The van der Waals surface area contributed by atoms with Crippen LogP contribution in [0.3, 0.4) is 0 Å². The van der Waals surface area contributed by atoms with Crippen LogP contribution >= 0.6 is 0 Å². The summed E-state index contributed by atoms with van der Waals surface area (Å²) in [4.78, 5) is 16.5. The molecule has 0 spiro atoms. The fourth-order valence-corrected chi connectivity index (χ4v) is 2.78. The number of aryl methyl sites for hydroxylation is 1. The zero-order valence-corrected chi connectivity index (χ0v) is 13.9. The van der Waals surface area contributed by atoms with Crippen LogP contribution in [0.25, 0.3) is 0 Å². The smallest absolute Gasteiger partial charge is 0.320 e. The Morgan fingerprint density at radius 3 is 2.62 bits per heavy atom. The number of nitrogens with one attached hydrogen (secondary N) is 2. The molecule has 1 aromatic carbocycles. The van der Waals surface area contributed by atoms with E-state index in [0.717, 1.165) is 32.7 Å². The first kappa shape index (κ1) is 16.3. The van der Waals surface area contributed by atoms with Gasteiger partial charge in [0.25, 0.3) is 0 Å². The molecule has 7 heteroatoms. The van der Waals surface area contributed by atoms with Gasteiger partial charge in [0.1, 0.15) is 5.76 Å². The predicted octanol–water partition coefficient (Wildman–Crippen LogP) is 1.93. The average Bonchev–Trinajstić information content (AvgIpc) is 3.01. The number of hydrogen-bond acceptors (Lipinski definition) is 5. The maximum Gasteiger partial charge on any atom is 0.320 e. The summed E-state index contributed by atoms with van der Waals surface area (Å²) < 4.78 is 4.91. The van der Waals surface area contributed by atoms with Crippen molar-refractivity contribution in [2.75, 3.05) is 49.5 Å². The molecular formula is C17H23N5O2.